The highest BCUT2D eigenvalue weighted by Crippen LogP contribution is 2.35. The number of fused-ring (bicyclic) bond motifs is 2. The van der Waals surface area contributed by atoms with Crippen LogP contribution in [0.15, 0.2) is 84.0 Å². The number of allylic oxidation sites excluding steroid dienone is 2. The summed E-state index contributed by atoms with van der Waals surface area (Å²) in [5, 5.41) is 71.8. The number of carbonyl (C=O) groups is 1. The first-order valence-corrected chi connectivity index (χ1v) is 20.4. The Morgan fingerprint density at radius 3 is 2.55 bits per heavy atom. The molecule has 9 nitrogen and oxygen atoms in total. The van der Waals surface area contributed by atoms with E-state index in [9.17, 15) is 35.4 Å². The minimum absolute atomic E-state index is 0.0135. The number of nitrogens with one attached hydrogen (secondary N) is 2. The summed E-state index contributed by atoms with van der Waals surface area (Å²) >= 11 is 0. The first-order chi connectivity index (χ1) is 26.5. The van der Waals surface area contributed by atoms with Crippen molar-refractivity contribution in [3.63, 3.8) is 0 Å². The van der Waals surface area contributed by atoms with Crippen LogP contribution < -0.4 is 10.6 Å². The fourth-order valence-electron chi connectivity index (χ4n) is 7.99. The molecular weight excluding hydrogens is 693 g/mol. The summed E-state index contributed by atoms with van der Waals surface area (Å²) < 4.78 is 0. The number of phenolic OH excluding ortho intramolecular Hbond substituents is 1. The number of aromatic hydroxyl groups is 1. The number of aliphatic hydroxyl groups is 4. The number of hydrogen-bond acceptors (Lipinski definition) is 8. The summed E-state index contributed by atoms with van der Waals surface area (Å²) in [5.74, 6) is 5.92. The largest absolute Gasteiger partial charge is 0.508 e. The summed E-state index contributed by atoms with van der Waals surface area (Å²) in [6.07, 6.45) is 14.7. The molecule has 2 aliphatic rings. The number of phenols is 1. The van der Waals surface area contributed by atoms with E-state index in [0.717, 1.165) is 66.5 Å². The van der Waals surface area contributed by atoms with Gasteiger partial charge in [0.15, 0.2) is 0 Å². The summed E-state index contributed by atoms with van der Waals surface area (Å²) in [7, 11) is 0. The van der Waals surface area contributed by atoms with Crippen LogP contribution in [0.25, 0.3) is 0 Å². The average Bonchev–Trinajstić information content (AvgIpc) is 3.16. The lowest BCUT2D eigenvalue weighted by molar-refractivity contribution is -0.137. The average molecular weight is 757 g/mol. The van der Waals surface area contributed by atoms with Crippen molar-refractivity contribution in [1.29, 1.82) is 0 Å². The van der Waals surface area contributed by atoms with E-state index in [2.05, 4.69) is 41.5 Å². The second-order valence-electron chi connectivity index (χ2n) is 15.4. The van der Waals surface area contributed by atoms with Gasteiger partial charge in [-0.15, -0.1) is 0 Å². The first-order valence-electron chi connectivity index (χ1n) is 20.4. The van der Waals surface area contributed by atoms with Crippen molar-refractivity contribution in [3.8, 4) is 17.6 Å². The fraction of sp³-hybridized carbons (Fsp3) is 0.543. The molecule has 8 N–H and O–H groups in total. The van der Waals surface area contributed by atoms with E-state index in [1.165, 1.54) is 0 Å². The van der Waals surface area contributed by atoms with Crippen molar-refractivity contribution in [1.82, 2.24) is 10.6 Å². The van der Waals surface area contributed by atoms with Crippen LogP contribution in [0, 0.1) is 17.8 Å². The molecule has 1 aliphatic carbocycles. The SMILES string of the molecule is CCCCC[C@H](O)/C=C/C1=C(\C[C@H](O)CO)[C@H](CCC[C@H](CCC(=O)O)NCC)N[C@H]2[C@@H](C#Cc3ccccc3CC1)C=CC[C@]2(O)Cc1ccc(O)cc1. The highest BCUT2D eigenvalue weighted by molar-refractivity contribution is 5.66. The Hall–Kier alpha value is -3.75. The molecule has 0 amide bonds. The van der Waals surface area contributed by atoms with Gasteiger partial charge in [0.25, 0.3) is 0 Å². The lowest BCUT2D eigenvalue weighted by Gasteiger charge is -2.44. The normalized spacial score (nSPS) is 24.4. The molecule has 1 heterocycles. The Labute approximate surface area is 328 Å². The molecule has 55 heavy (non-hydrogen) atoms. The molecular formula is C46H64N2O7. The predicted octanol–water partition coefficient (Wildman–Crippen LogP) is 6.12. The van der Waals surface area contributed by atoms with Crippen LogP contribution in [-0.4, -0.2) is 85.7 Å². The lowest BCUT2D eigenvalue weighted by atomic mass is 9.73. The molecule has 0 saturated heterocycles. The van der Waals surface area contributed by atoms with Crippen molar-refractivity contribution in [2.75, 3.05) is 13.2 Å². The lowest BCUT2D eigenvalue weighted by Crippen LogP contribution is -2.59. The number of rotatable bonds is 20. The van der Waals surface area contributed by atoms with Gasteiger partial charge in [-0.1, -0.05) is 106 Å². The van der Waals surface area contributed by atoms with Crippen LogP contribution in [0.5, 0.6) is 5.75 Å². The van der Waals surface area contributed by atoms with Gasteiger partial charge in [-0.25, -0.2) is 0 Å². The monoisotopic (exact) mass is 756 g/mol. The Morgan fingerprint density at radius 2 is 1.82 bits per heavy atom. The maximum atomic E-state index is 12.7. The van der Waals surface area contributed by atoms with Gasteiger partial charge in [-0.2, -0.15) is 0 Å². The number of carboxylic acid groups (broad SMARTS) is 1. The maximum absolute atomic E-state index is 12.7. The molecule has 0 radical (unpaired) electrons. The Balaban J connectivity index is 1.86. The third kappa shape index (κ3) is 14.0. The minimum Gasteiger partial charge on any atom is -0.508 e. The molecule has 1 aliphatic heterocycles. The van der Waals surface area contributed by atoms with E-state index in [-0.39, 0.29) is 36.6 Å². The van der Waals surface area contributed by atoms with E-state index in [0.29, 0.717) is 44.9 Å². The number of aliphatic hydroxyl groups excluding tert-OH is 3. The van der Waals surface area contributed by atoms with Crippen molar-refractivity contribution < 1.29 is 35.4 Å². The molecule has 2 aromatic carbocycles. The highest BCUT2D eigenvalue weighted by atomic mass is 16.4. The number of aryl methyl sites for hydroxylation is 1. The predicted molar refractivity (Wildman–Crippen MR) is 219 cm³/mol. The molecule has 9 heteroatoms. The maximum Gasteiger partial charge on any atom is 0.303 e. The van der Waals surface area contributed by atoms with Crippen molar-refractivity contribution in [3.05, 3.63) is 101 Å². The Bertz CT molecular complexity index is 1640. The number of benzene rings is 2. The molecule has 0 unspecified atom stereocenters. The van der Waals surface area contributed by atoms with E-state index in [1.807, 2.05) is 55.5 Å². The van der Waals surface area contributed by atoms with Gasteiger partial charge in [0, 0.05) is 30.5 Å². The molecule has 4 rings (SSSR count). The van der Waals surface area contributed by atoms with Crippen LogP contribution in [-0.2, 0) is 17.6 Å². The van der Waals surface area contributed by atoms with Gasteiger partial charge >= 0.3 is 5.97 Å². The van der Waals surface area contributed by atoms with Gasteiger partial charge in [-0.05, 0) is 98.4 Å². The molecule has 0 fully saturated rings. The van der Waals surface area contributed by atoms with E-state index in [4.69, 9.17) is 0 Å². The summed E-state index contributed by atoms with van der Waals surface area (Å²) in [4.78, 5) is 11.5. The topological polar surface area (TPSA) is 163 Å². The molecule has 0 spiro atoms. The smallest absolute Gasteiger partial charge is 0.303 e. The van der Waals surface area contributed by atoms with Crippen molar-refractivity contribution in [2.45, 2.75) is 140 Å². The van der Waals surface area contributed by atoms with Crippen LogP contribution >= 0.6 is 0 Å². The zero-order chi connectivity index (χ0) is 39.6. The molecule has 0 saturated carbocycles. The minimum atomic E-state index is -1.27. The fourth-order valence-corrected chi connectivity index (χ4v) is 7.99. The second-order valence-corrected chi connectivity index (χ2v) is 15.4. The van der Waals surface area contributed by atoms with Crippen molar-refractivity contribution in [2.24, 2.45) is 5.92 Å². The third-order valence-electron chi connectivity index (χ3n) is 11.0. The number of unbranched alkanes of at least 4 members (excludes halogenated alkanes) is 2. The van der Waals surface area contributed by atoms with Crippen LogP contribution in [0.1, 0.15) is 108 Å². The number of hydrogen-bond donors (Lipinski definition) is 8. The zero-order valence-electron chi connectivity index (χ0n) is 32.8. The molecule has 0 aromatic heterocycles. The van der Waals surface area contributed by atoms with Gasteiger partial charge in [-0.3, -0.25) is 4.79 Å². The van der Waals surface area contributed by atoms with E-state index < -0.39 is 36.4 Å². The van der Waals surface area contributed by atoms with Crippen LogP contribution in [0.2, 0.25) is 0 Å². The zero-order valence-corrected chi connectivity index (χ0v) is 32.8. The molecule has 0 bridgehead atoms. The van der Waals surface area contributed by atoms with Crippen LogP contribution in [0.4, 0.5) is 0 Å². The highest BCUT2D eigenvalue weighted by Gasteiger charge is 2.43. The summed E-state index contributed by atoms with van der Waals surface area (Å²) in [6.45, 7) is 4.45. The Morgan fingerprint density at radius 1 is 1.04 bits per heavy atom. The van der Waals surface area contributed by atoms with Gasteiger partial charge in [0.1, 0.15) is 5.75 Å². The van der Waals surface area contributed by atoms with Gasteiger partial charge in [0.05, 0.1) is 36.4 Å². The molecule has 300 valence electrons. The van der Waals surface area contributed by atoms with Gasteiger partial charge in [0.2, 0.25) is 0 Å². The summed E-state index contributed by atoms with van der Waals surface area (Å²) in [6, 6.07) is 14.1. The number of carboxylic acids is 1. The standard InChI is InChI=1S/C46H64N2O7/c1-3-5-6-15-39(50)27-23-36-21-19-34-11-7-8-12-35(34)20-22-37-13-10-29-46(55,31-33-17-25-40(51)26-18-33)45(37)48-43(42(36)30-41(52)32-49)16-9-14-38(47-4-2)24-28-44(53)54/h7-8,10-13,17-18,23,25-27,37-39,41,43,45,47-52,55H,3-6,9,14-16,19,21,24,28-32H2,1-2H3,(H,53,54)/b27-23+,42-36+/t37-,38-,39+,41+,43+,45+,46+/m1/s1. The quantitative estimate of drug-likeness (QED) is 0.0452. The van der Waals surface area contributed by atoms with E-state index >= 15 is 0 Å². The molecule has 7 atom stereocenters. The third-order valence-corrected chi connectivity index (χ3v) is 11.0. The Kier molecular flexibility index (Phi) is 18.2. The van der Waals surface area contributed by atoms with E-state index in [1.54, 1.807) is 12.1 Å². The molecule has 2 aromatic rings. The van der Waals surface area contributed by atoms with Crippen LogP contribution in [0.3, 0.4) is 0 Å². The first kappa shape index (κ1) is 44.0. The van der Waals surface area contributed by atoms with Crippen molar-refractivity contribution >= 4 is 5.97 Å². The second kappa shape index (κ2) is 22.7. The summed E-state index contributed by atoms with van der Waals surface area (Å²) in [5.41, 5.74) is 3.47. The van der Waals surface area contributed by atoms with Gasteiger partial charge < -0.3 is 41.3 Å². The number of aliphatic carboxylic acids is 1.